The van der Waals surface area contributed by atoms with E-state index in [0.717, 1.165) is 18.4 Å². The van der Waals surface area contributed by atoms with Gasteiger partial charge in [-0.15, -0.1) is 0 Å². The second-order valence-corrected chi connectivity index (χ2v) is 6.50. The highest BCUT2D eigenvalue weighted by atomic mass is 35.5. The van der Waals surface area contributed by atoms with Crippen molar-refractivity contribution < 1.29 is 4.79 Å². The van der Waals surface area contributed by atoms with E-state index in [1.165, 1.54) is 5.56 Å². The molecule has 4 nitrogen and oxygen atoms in total. The van der Waals surface area contributed by atoms with Gasteiger partial charge >= 0.3 is 0 Å². The Morgan fingerprint density at radius 1 is 1.20 bits per heavy atom. The van der Waals surface area contributed by atoms with Gasteiger partial charge in [-0.3, -0.25) is 9.89 Å². The Kier molecular flexibility index (Phi) is 5.51. The number of rotatable bonds is 6. The Morgan fingerprint density at radius 3 is 2.76 bits per heavy atom. The summed E-state index contributed by atoms with van der Waals surface area (Å²) < 4.78 is 0. The highest BCUT2D eigenvalue weighted by Crippen LogP contribution is 2.24. The maximum absolute atomic E-state index is 12.6. The summed E-state index contributed by atoms with van der Waals surface area (Å²) in [6.45, 7) is 2.01. The number of hydrogen-bond acceptors (Lipinski definition) is 2. The number of carbonyl (C=O) groups is 1. The van der Waals surface area contributed by atoms with E-state index in [0.29, 0.717) is 16.3 Å². The fourth-order valence-electron chi connectivity index (χ4n) is 2.72. The van der Waals surface area contributed by atoms with E-state index in [1.807, 2.05) is 43.3 Å². The van der Waals surface area contributed by atoms with Gasteiger partial charge in [-0.25, -0.2) is 0 Å². The van der Waals surface area contributed by atoms with Crippen LogP contribution in [0.4, 0.5) is 0 Å². The fourth-order valence-corrected chi connectivity index (χ4v) is 2.91. The predicted molar refractivity (Wildman–Crippen MR) is 101 cm³/mol. The van der Waals surface area contributed by atoms with Gasteiger partial charge in [-0.05, 0) is 37.5 Å². The summed E-state index contributed by atoms with van der Waals surface area (Å²) in [6, 6.07) is 17.7. The lowest BCUT2D eigenvalue weighted by molar-refractivity contribution is 0.0939. The van der Waals surface area contributed by atoms with Crippen molar-refractivity contribution in [3.8, 4) is 11.3 Å². The lowest BCUT2D eigenvalue weighted by Crippen LogP contribution is -2.33. The first-order valence-corrected chi connectivity index (χ1v) is 8.65. The van der Waals surface area contributed by atoms with Crippen LogP contribution in [0.1, 0.15) is 29.3 Å². The highest BCUT2D eigenvalue weighted by Gasteiger charge is 2.17. The molecule has 2 N–H and O–H groups in total. The first-order valence-electron chi connectivity index (χ1n) is 8.27. The number of amides is 1. The molecule has 0 aliphatic heterocycles. The highest BCUT2D eigenvalue weighted by molar-refractivity contribution is 6.30. The van der Waals surface area contributed by atoms with Gasteiger partial charge in [-0.2, -0.15) is 5.10 Å². The number of aryl methyl sites for hydroxylation is 1. The van der Waals surface area contributed by atoms with E-state index >= 15 is 0 Å². The van der Waals surface area contributed by atoms with Crippen molar-refractivity contribution in [3.63, 3.8) is 0 Å². The van der Waals surface area contributed by atoms with Gasteiger partial charge in [0, 0.05) is 16.6 Å². The lowest BCUT2D eigenvalue weighted by atomic mass is 10.0. The van der Waals surface area contributed by atoms with E-state index in [4.69, 9.17) is 11.6 Å². The zero-order valence-corrected chi connectivity index (χ0v) is 14.8. The number of halogens is 1. The zero-order chi connectivity index (χ0) is 17.6. The maximum atomic E-state index is 12.6. The predicted octanol–water partition coefficient (Wildman–Crippen LogP) is 4.48. The number of carbonyl (C=O) groups excluding carboxylic acids is 1. The molecule has 3 rings (SSSR count). The minimum absolute atomic E-state index is 0.0646. The SMILES string of the molecule is CC(CCc1ccccc1)NC(=O)c1cn[nH]c1-c1cccc(Cl)c1. The molecule has 2 aromatic carbocycles. The van der Waals surface area contributed by atoms with Crippen LogP contribution in [-0.2, 0) is 6.42 Å². The monoisotopic (exact) mass is 353 g/mol. The van der Waals surface area contributed by atoms with Gasteiger partial charge in [0.1, 0.15) is 0 Å². The molecule has 25 heavy (non-hydrogen) atoms. The first kappa shape index (κ1) is 17.2. The van der Waals surface area contributed by atoms with Gasteiger partial charge in [0.25, 0.3) is 5.91 Å². The second kappa shape index (κ2) is 7.99. The van der Waals surface area contributed by atoms with Crippen molar-refractivity contribution in [2.24, 2.45) is 0 Å². The molecule has 0 saturated heterocycles. The van der Waals surface area contributed by atoms with E-state index in [9.17, 15) is 4.79 Å². The van der Waals surface area contributed by atoms with Crippen LogP contribution in [0.25, 0.3) is 11.3 Å². The summed E-state index contributed by atoms with van der Waals surface area (Å²) in [5.74, 6) is -0.135. The lowest BCUT2D eigenvalue weighted by Gasteiger charge is -2.14. The molecule has 1 amide bonds. The largest absolute Gasteiger partial charge is 0.349 e. The van der Waals surface area contributed by atoms with Gasteiger partial charge in [0.2, 0.25) is 0 Å². The molecule has 1 aromatic heterocycles. The summed E-state index contributed by atoms with van der Waals surface area (Å²) in [6.07, 6.45) is 3.35. The normalized spacial score (nSPS) is 11.9. The van der Waals surface area contributed by atoms with Crippen LogP contribution < -0.4 is 5.32 Å². The van der Waals surface area contributed by atoms with Crippen LogP contribution in [0.15, 0.2) is 60.8 Å². The Labute approximate surface area is 152 Å². The van der Waals surface area contributed by atoms with E-state index in [2.05, 4.69) is 27.6 Å². The topological polar surface area (TPSA) is 57.8 Å². The first-order chi connectivity index (χ1) is 12.1. The molecule has 1 atom stereocenters. The number of benzene rings is 2. The Hall–Kier alpha value is -2.59. The van der Waals surface area contributed by atoms with Crippen LogP contribution in [0.5, 0.6) is 0 Å². The number of H-pyrrole nitrogens is 1. The summed E-state index contributed by atoms with van der Waals surface area (Å²) in [5.41, 5.74) is 3.31. The number of aromatic nitrogens is 2. The van der Waals surface area contributed by atoms with Crippen molar-refractivity contribution in [2.75, 3.05) is 0 Å². The molecule has 1 heterocycles. The summed E-state index contributed by atoms with van der Waals surface area (Å²) in [4.78, 5) is 12.6. The van der Waals surface area contributed by atoms with Crippen LogP contribution >= 0.6 is 11.6 Å². The molecular formula is C20H20ClN3O. The smallest absolute Gasteiger partial charge is 0.255 e. The van der Waals surface area contributed by atoms with Crippen LogP contribution in [0.2, 0.25) is 5.02 Å². The third kappa shape index (κ3) is 4.48. The Balaban J connectivity index is 1.65. The Morgan fingerprint density at radius 2 is 2.00 bits per heavy atom. The van der Waals surface area contributed by atoms with E-state index in [-0.39, 0.29) is 11.9 Å². The molecule has 0 bridgehead atoms. The van der Waals surface area contributed by atoms with Gasteiger partial charge in [0.05, 0.1) is 17.5 Å². The van der Waals surface area contributed by atoms with E-state index in [1.54, 1.807) is 12.3 Å². The maximum Gasteiger partial charge on any atom is 0.255 e. The average molecular weight is 354 g/mol. The van der Waals surface area contributed by atoms with Crippen molar-refractivity contribution in [1.29, 1.82) is 0 Å². The minimum atomic E-state index is -0.135. The molecule has 1 unspecified atom stereocenters. The van der Waals surface area contributed by atoms with Gasteiger partial charge < -0.3 is 5.32 Å². The van der Waals surface area contributed by atoms with Crippen LogP contribution in [-0.4, -0.2) is 22.1 Å². The molecule has 0 aliphatic rings. The molecule has 0 radical (unpaired) electrons. The van der Waals surface area contributed by atoms with E-state index < -0.39 is 0 Å². The quantitative estimate of drug-likeness (QED) is 0.686. The number of nitrogens with zero attached hydrogens (tertiary/aromatic N) is 1. The van der Waals surface area contributed by atoms with Crippen molar-refractivity contribution in [2.45, 2.75) is 25.8 Å². The van der Waals surface area contributed by atoms with Gasteiger partial charge in [0.15, 0.2) is 0 Å². The molecule has 128 valence electrons. The number of aromatic amines is 1. The molecule has 5 heteroatoms. The number of nitrogens with one attached hydrogen (secondary N) is 2. The van der Waals surface area contributed by atoms with Gasteiger partial charge in [-0.1, -0.05) is 54.1 Å². The zero-order valence-electron chi connectivity index (χ0n) is 14.0. The molecule has 0 saturated carbocycles. The summed E-state index contributed by atoms with van der Waals surface area (Å²) in [7, 11) is 0. The van der Waals surface area contributed by atoms with Crippen molar-refractivity contribution in [3.05, 3.63) is 76.9 Å². The Bertz CT molecular complexity index is 845. The molecule has 3 aromatic rings. The van der Waals surface area contributed by atoms with Crippen LogP contribution in [0, 0.1) is 0 Å². The third-order valence-electron chi connectivity index (χ3n) is 4.08. The second-order valence-electron chi connectivity index (χ2n) is 6.07. The minimum Gasteiger partial charge on any atom is -0.349 e. The third-order valence-corrected chi connectivity index (χ3v) is 4.32. The van der Waals surface area contributed by atoms with Crippen molar-refractivity contribution in [1.82, 2.24) is 15.5 Å². The average Bonchev–Trinajstić information content (AvgIpc) is 3.11. The fraction of sp³-hybridized carbons (Fsp3) is 0.200. The molecule has 0 aliphatic carbocycles. The van der Waals surface area contributed by atoms with Crippen LogP contribution in [0.3, 0.4) is 0 Å². The summed E-state index contributed by atoms with van der Waals surface area (Å²) in [5, 5.41) is 10.6. The number of hydrogen-bond donors (Lipinski definition) is 2. The molecular weight excluding hydrogens is 334 g/mol. The standard InChI is InChI=1S/C20H20ClN3O/c1-14(10-11-15-6-3-2-4-7-15)23-20(25)18-13-22-24-19(18)16-8-5-9-17(21)12-16/h2-9,12-14H,10-11H2,1H3,(H,22,24)(H,23,25). The van der Waals surface area contributed by atoms with Crippen molar-refractivity contribution >= 4 is 17.5 Å². The summed E-state index contributed by atoms with van der Waals surface area (Å²) >= 11 is 6.04. The molecule has 0 fully saturated rings. The molecule has 0 spiro atoms.